The number of carbonyl (C=O) groups excluding carboxylic acids is 2. The summed E-state index contributed by atoms with van der Waals surface area (Å²) in [6, 6.07) is 16.8. The maximum absolute atomic E-state index is 12.8. The highest BCUT2D eigenvalue weighted by Crippen LogP contribution is 2.21. The van der Waals surface area contributed by atoms with E-state index in [1.807, 2.05) is 68.4 Å². The number of aromatic nitrogens is 4. The average Bonchev–Trinajstić information content (AvgIpc) is 3.30. The molecule has 1 aromatic heterocycles. The predicted molar refractivity (Wildman–Crippen MR) is 120 cm³/mol. The van der Waals surface area contributed by atoms with Crippen molar-refractivity contribution >= 4 is 17.6 Å². The first-order valence-corrected chi connectivity index (χ1v) is 10.8. The Morgan fingerprint density at radius 3 is 2.53 bits per heavy atom. The molecule has 9 nitrogen and oxygen atoms in total. The molecule has 2 heterocycles. The molecule has 166 valence electrons. The Balaban J connectivity index is 1.30. The average molecular weight is 434 g/mol. The van der Waals surface area contributed by atoms with E-state index in [0.717, 1.165) is 16.9 Å². The number of benzene rings is 2. The van der Waals surface area contributed by atoms with Crippen molar-refractivity contribution < 1.29 is 9.59 Å². The quantitative estimate of drug-likeness (QED) is 0.643. The zero-order chi connectivity index (χ0) is 22.5. The zero-order valence-corrected chi connectivity index (χ0v) is 18.2. The summed E-state index contributed by atoms with van der Waals surface area (Å²) >= 11 is 0. The van der Waals surface area contributed by atoms with Gasteiger partial charge in [0, 0.05) is 24.7 Å². The van der Waals surface area contributed by atoms with Gasteiger partial charge < -0.3 is 15.5 Å². The summed E-state index contributed by atoms with van der Waals surface area (Å²) in [6.07, 6.45) is 1.23. The Hall–Kier alpha value is -3.75. The number of nitrogens with zero attached hydrogens (tertiary/aromatic N) is 5. The second-order valence-corrected chi connectivity index (χ2v) is 8.08. The van der Waals surface area contributed by atoms with Crippen molar-refractivity contribution in [3.63, 3.8) is 0 Å². The summed E-state index contributed by atoms with van der Waals surface area (Å²) in [5, 5.41) is 17.9. The molecule has 1 aliphatic heterocycles. The molecule has 0 saturated carbocycles. The molecule has 0 bridgehead atoms. The number of piperidine rings is 1. The third-order valence-electron chi connectivity index (χ3n) is 5.66. The first-order chi connectivity index (χ1) is 15.5. The SMILES string of the molecule is Cc1cccc(NC(=O)N2CCC(C(=O)NC(C)c3nnnn3-c3ccccc3)CC2)c1. The lowest BCUT2D eigenvalue weighted by Gasteiger charge is -2.31. The van der Waals surface area contributed by atoms with E-state index in [-0.39, 0.29) is 23.9 Å². The lowest BCUT2D eigenvalue weighted by atomic mass is 9.95. The number of hydrogen-bond acceptors (Lipinski definition) is 5. The minimum atomic E-state index is -0.347. The van der Waals surface area contributed by atoms with Gasteiger partial charge in [-0.2, -0.15) is 4.68 Å². The van der Waals surface area contributed by atoms with Crippen molar-refractivity contribution in [3.05, 3.63) is 66.0 Å². The molecule has 1 unspecified atom stereocenters. The fourth-order valence-electron chi connectivity index (χ4n) is 3.88. The van der Waals surface area contributed by atoms with E-state index in [0.29, 0.717) is 31.8 Å². The molecule has 0 spiro atoms. The summed E-state index contributed by atoms with van der Waals surface area (Å²) in [4.78, 5) is 27.2. The number of carbonyl (C=O) groups is 2. The number of likely N-dealkylation sites (tertiary alicyclic amines) is 1. The smallest absolute Gasteiger partial charge is 0.321 e. The Morgan fingerprint density at radius 2 is 1.81 bits per heavy atom. The van der Waals surface area contributed by atoms with Crippen LogP contribution in [0.25, 0.3) is 5.69 Å². The summed E-state index contributed by atoms with van der Waals surface area (Å²) in [7, 11) is 0. The van der Waals surface area contributed by atoms with Gasteiger partial charge in [-0.05, 0) is 66.9 Å². The van der Waals surface area contributed by atoms with Crippen LogP contribution in [0.2, 0.25) is 0 Å². The monoisotopic (exact) mass is 433 g/mol. The molecular formula is C23H27N7O2. The summed E-state index contributed by atoms with van der Waals surface area (Å²) in [5.41, 5.74) is 2.70. The molecule has 0 radical (unpaired) electrons. The lowest BCUT2D eigenvalue weighted by molar-refractivity contribution is -0.127. The van der Waals surface area contributed by atoms with E-state index >= 15 is 0 Å². The minimum Gasteiger partial charge on any atom is -0.346 e. The number of nitrogens with one attached hydrogen (secondary N) is 2. The molecule has 4 rings (SSSR count). The van der Waals surface area contributed by atoms with Crippen LogP contribution in [-0.4, -0.2) is 50.1 Å². The third-order valence-corrected chi connectivity index (χ3v) is 5.66. The van der Waals surface area contributed by atoms with Gasteiger partial charge in [-0.25, -0.2) is 4.79 Å². The predicted octanol–water partition coefficient (Wildman–Crippen LogP) is 3.09. The van der Waals surface area contributed by atoms with Crippen molar-refractivity contribution in [3.8, 4) is 5.69 Å². The Labute approximate surface area is 186 Å². The highest BCUT2D eigenvalue weighted by molar-refractivity contribution is 5.89. The fourth-order valence-corrected chi connectivity index (χ4v) is 3.88. The summed E-state index contributed by atoms with van der Waals surface area (Å²) in [5.74, 6) is 0.375. The van der Waals surface area contributed by atoms with Crippen LogP contribution < -0.4 is 10.6 Å². The fraction of sp³-hybridized carbons (Fsp3) is 0.348. The van der Waals surface area contributed by atoms with Crippen LogP contribution in [0.15, 0.2) is 54.6 Å². The van der Waals surface area contributed by atoms with Crippen molar-refractivity contribution in [1.82, 2.24) is 30.4 Å². The lowest BCUT2D eigenvalue weighted by Crippen LogP contribution is -2.45. The molecule has 3 amide bonds. The molecule has 32 heavy (non-hydrogen) atoms. The Kier molecular flexibility index (Phi) is 6.44. The number of aryl methyl sites for hydroxylation is 1. The number of tetrazole rings is 1. The van der Waals surface area contributed by atoms with Gasteiger partial charge in [0.15, 0.2) is 5.82 Å². The molecule has 0 aliphatic carbocycles. The number of anilines is 1. The van der Waals surface area contributed by atoms with Gasteiger partial charge in [0.2, 0.25) is 5.91 Å². The molecule has 1 fully saturated rings. The summed E-state index contributed by atoms with van der Waals surface area (Å²) in [6.45, 7) is 4.92. The van der Waals surface area contributed by atoms with Gasteiger partial charge in [0.05, 0.1) is 11.7 Å². The normalized spacial score (nSPS) is 15.2. The van der Waals surface area contributed by atoms with Gasteiger partial charge in [0.25, 0.3) is 0 Å². The molecule has 3 aromatic rings. The van der Waals surface area contributed by atoms with Crippen LogP contribution in [-0.2, 0) is 4.79 Å². The molecule has 1 atom stereocenters. The zero-order valence-electron chi connectivity index (χ0n) is 18.2. The number of para-hydroxylation sites is 1. The van der Waals surface area contributed by atoms with Crippen LogP contribution in [0, 0.1) is 12.8 Å². The van der Waals surface area contributed by atoms with Gasteiger partial charge in [-0.15, -0.1) is 5.10 Å². The highest BCUT2D eigenvalue weighted by atomic mass is 16.2. The number of rotatable bonds is 5. The Bertz CT molecular complexity index is 1070. The van der Waals surface area contributed by atoms with Crippen molar-refractivity contribution in [2.24, 2.45) is 5.92 Å². The van der Waals surface area contributed by atoms with Crippen LogP contribution in [0.4, 0.5) is 10.5 Å². The van der Waals surface area contributed by atoms with Gasteiger partial charge in [-0.1, -0.05) is 30.3 Å². The summed E-state index contributed by atoms with van der Waals surface area (Å²) < 4.78 is 1.63. The van der Waals surface area contributed by atoms with E-state index in [1.54, 1.807) is 9.58 Å². The number of amides is 3. The topological polar surface area (TPSA) is 105 Å². The molecule has 9 heteroatoms. The first-order valence-electron chi connectivity index (χ1n) is 10.8. The van der Waals surface area contributed by atoms with E-state index in [1.165, 1.54) is 0 Å². The molecule has 2 N–H and O–H groups in total. The van der Waals surface area contributed by atoms with E-state index in [4.69, 9.17) is 0 Å². The maximum Gasteiger partial charge on any atom is 0.321 e. The maximum atomic E-state index is 12.8. The molecule has 1 saturated heterocycles. The second kappa shape index (κ2) is 9.59. The van der Waals surface area contributed by atoms with Crippen molar-refractivity contribution in [1.29, 1.82) is 0 Å². The van der Waals surface area contributed by atoms with Crippen molar-refractivity contribution in [2.75, 3.05) is 18.4 Å². The molecule has 1 aliphatic rings. The van der Waals surface area contributed by atoms with Crippen LogP contribution >= 0.6 is 0 Å². The van der Waals surface area contributed by atoms with Gasteiger partial charge in [0.1, 0.15) is 0 Å². The second-order valence-electron chi connectivity index (χ2n) is 8.08. The van der Waals surface area contributed by atoms with E-state index in [9.17, 15) is 9.59 Å². The third kappa shape index (κ3) is 4.93. The standard InChI is InChI=1S/C23H27N7O2/c1-16-7-6-8-19(15-16)25-23(32)29-13-11-18(12-14-29)22(31)24-17(2)21-26-27-28-30(21)20-9-4-3-5-10-20/h3-10,15,17-18H,11-14H2,1-2H3,(H,24,31)(H,25,32). The first kappa shape index (κ1) is 21.5. The Morgan fingerprint density at radius 1 is 1.06 bits per heavy atom. The molecular weight excluding hydrogens is 406 g/mol. The minimum absolute atomic E-state index is 0.0427. The van der Waals surface area contributed by atoms with Gasteiger partial charge in [-0.3, -0.25) is 4.79 Å². The number of hydrogen-bond donors (Lipinski definition) is 2. The molecule has 2 aromatic carbocycles. The van der Waals surface area contributed by atoms with Crippen LogP contribution in [0.1, 0.15) is 37.2 Å². The number of urea groups is 1. The van der Waals surface area contributed by atoms with Gasteiger partial charge >= 0.3 is 6.03 Å². The van der Waals surface area contributed by atoms with E-state index < -0.39 is 0 Å². The highest BCUT2D eigenvalue weighted by Gasteiger charge is 2.29. The van der Waals surface area contributed by atoms with Crippen molar-refractivity contribution in [2.45, 2.75) is 32.7 Å². The van der Waals surface area contributed by atoms with Crippen LogP contribution in [0.5, 0.6) is 0 Å². The van der Waals surface area contributed by atoms with E-state index in [2.05, 4.69) is 26.2 Å². The van der Waals surface area contributed by atoms with Crippen LogP contribution in [0.3, 0.4) is 0 Å². The largest absolute Gasteiger partial charge is 0.346 e.